The molecule has 0 heterocycles. The van der Waals surface area contributed by atoms with Gasteiger partial charge < -0.3 is 9.84 Å². The van der Waals surface area contributed by atoms with Crippen molar-refractivity contribution < 1.29 is 19.4 Å². The first-order valence-corrected chi connectivity index (χ1v) is 7.69. The van der Waals surface area contributed by atoms with Crippen molar-refractivity contribution >= 4 is 11.8 Å². The molecule has 6 heteroatoms. The molecule has 0 spiro atoms. The maximum absolute atomic E-state index is 11.9. The fourth-order valence-electron chi connectivity index (χ4n) is 2.10. The Balaban J connectivity index is 1.78. The zero-order valence-electron chi connectivity index (χ0n) is 13.4. The Labute approximate surface area is 140 Å². The van der Waals surface area contributed by atoms with E-state index in [2.05, 4.69) is 10.9 Å². The number of hydrogen-bond acceptors (Lipinski definition) is 4. The van der Waals surface area contributed by atoms with Gasteiger partial charge in [-0.2, -0.15) is 0 Å². The molecule has 0 aliphatic carbocycles. The van der Waals surface area contributed by atoms with Gasteiger partial charge in [0.15, 0.2) is 0 Å². The van der Waals surface area contributed by atoms with E-state index in [-0.39, 0.29) is 18.1 Å². The van der Waals surface area contributed by atoms with Gasteiger partial charge in [-0.3, -0.25) is 20.4 Å². The number of carbonyl (C=O) groups excluding carboxylic acids is 2. The number of aryl methyl sites for hydroxylation is 1. The predicted molar refractivity (Wildman–Crippen MR) is 89.6 cm³/mol. The van der Waals surface area contributed by atoms with Crippen molar-refractivity contribution in [1.29, 1.82) is 0 Å². The summed E-state index contributed by atoms with van der Waals surface area (Å²) in [4.78, 5) is 23.7. The topological polar surface area (TPSA) is 87.7 Å². The fourth-order valence-corrected chi connectivity index (χ4v) is 2.10. The molecule has 0 fully saturated rings. The first-order chi connectivity index (χ1) is 11.6. The Kier molecular flexibility index (Phi) is 6.19. The van der Waals surface area contributed by atoms with E-state index in [1.165, 1.54) is 0 Å². The second-order valence-corrected chi connectivity index (χ2v) is 5.09. The Morgan fingerprint density at radius 3 is 2.42 bits per heavy atom. The summed E-state index contributed by atoms with van der Waals surface area (Å²) in [6.45, 7) is 2.43. The minimum absolute atomic E-state index is 0.154. The van der Waals surface area contributed by atoms with E-state index in [1.54, 1.807) is 48.5 Å². The van der Waals surface area contributed by atoms with E-state index < -0.39 is 5.91 Å². The first kappa shape index (κ1) is 17.3. The highest BCUT2D eigenvalue weighted by Gasteiger charge is 2.09. The summed E-state index contributed by atoms with van der Waals surface area (Å²) in [7, 11) is 0. The molecule has 2 aromatic carbocycles. The van der Waals surface area contributed by atoms with E-state index >= 15 is 0 Å². The van der Waals surface area contributed by atoms with Gasteiger partial charge in [0.2, 0.25) is 5.91 Å². The number of para-hydroxylation sites is 1. The number of nitrogens with one attached hydrogen (secondary N) is 2. The standard InChI is InChI=1S/C18H20N2O4/c1-2-24-15-10-7-14(8-11-15)18(23)20-19-17(22)12-9-13-5-3-4-6-16(13)21/h3-8,10-11,21H,2,9,12H2,1H3,(H,19,22)(H,20,23). The number of phenols is 1. The molecule has 0 aliphatic rings. The van der Waals surface area contributed by atoms with Crippen LogP contribution in [0.25, 0.3) is 0 Å². The normalized spacial score (nSPS) is 10.0. The molecular weight excluding hydrogens is 308 g/mol. The summed E-state index contributed by atoms with van der Waals surface area (Å²) in [5.41, 5.74) is 5.82. The van der Waals surface area contributed by atoms with Gasteiger partial charge in [0.05, 0.1) is 6.61 Å². The Hall–Kier alpha value is -3.02. The van der Waals surface area contributed by atoms with Crippen molar-refractivity contribution in [2.24, 2.45) is 0 Å². The van der Waals surface area contributed by atoms with Crippen molar-refractivity contribution in [3.63, 3.8) is 0 Å². The second kappa shape index (κ2) is 8.57. The third-order valence-electron chi connectivity index (χ3n) is 3.36. The summed E-state index contributed by atoms with van der Waals surface area (Å²) in [6, 6.07) is 13.5. The third kappa shape index (κ3) is 5.01. The van der Waals surface area contributed by atoms with Gasteiger partial charge >= 0.3 is 0 Å². The van der Waals surface area contributed by atoms with Gasteiger partial charge in [0.1, 0.15) is 11.5 Å². The molecule has 0 aromatic heterocycles. The number of amides is 2. The number of rotatable bonds is 6. The molecule has 0 saturated carbocycles. The molecule has 126 valence electrons. The van der Waals surface area contributed by atoms with E-state index in [9.17, 15) is 14.7 Å². The molecule has 6 nitrogen and oxygen atoms in total. The van der Waals surface area contributed by atoms with Crippen LogP contribution in [0.15, 0.2) is 48.5 Å². The van der Waals surface area contributed by atoms with Gasteiger partial charge in [0.25, 0.3) is 5.91 Å². The lowest BCUT2D eigenvalue weighted by Crippen LogP contribution is -2.41. The molecule has 0 aliphatic heterocycles. The van der Waals surface area contributed by atoms with Crippen LogP contribution < -0.4 is 15.6 Å². The van der Waals surface area contributed by atoms with Gasteiger partial charge in [-0.25, -0.2) is 0 Å². The van der Waals surface area contributed by atoms with E-state index in [0.717, 1.165) is 0 Å². The monoisotopic (exact) mass is 328 g/mol. The van der Waals surface area contributed by atoms with Crippen molar-refractivity contribution in [2.75, 3.05) is 6.61 Å². The van der Waals surface area contributed by atoms with Crippen LogP contribution in [-0.4, -0.2) is 23.5 Å². The maximum atomic E-state index is 11.9. The van der Waals surface area contributed by atoms with Gasteiger partial charge in [0, 0.05) is 12.0 Å². The summed E-state index contributed by atoms with van der Waals surface area (Å²) < 4.78 is 5.30. The molecule has 0 radical (unpaired) electrons. The van der Waals surface area contributed by atoms with Crippen molar-refractivity contribution in [3.05, 3.63) is 59.7 Å². The average Bonchev–Trinajstić information content (AvgIpc) is 2.60. The Bertz CT molecular complexity index is 698. The third-order valence-corrected chi connectivity index (χ3v) is 3.36. The number of phenolic OH excluding ortho intramolecular Hbond substituents is 1. The summed E-state index contributed by atoms with van der Waals surface area (Å²) in [5.74, 6) is 0.0935. The molecule has 0 bridgehead atoms. The lowest BCUT2D eigenvalue weighted by Gasteiger charge is -2.09. The second-order valence-electron chi connectivity index (χ2n) is 5.09. The molecule has 3 N–H and O–H groups in total. The van der Waals surface area contributed by atoms with Crippen molar-refractivity contribution in [3.8, 4) is 11.5 Å². The minimum atomic E-state index is -0.408. The highest BCUT2D eigenvalue weighted by molar-refractivity contribution is 5.95. The number of ether oxygens (including phenoxy) is 1. The zero-order chi connectivity index (χ0) is 17.4. The molecule has 0 unspecified atom stereocenters. The molecule has 2 amide bonds. The van der Waals surface area contributed by atoms with Crippen LogP contribution in [-0.2, 0) is 11.2 Å². The Morgan fingerprint density at radius 2 is 1.75 bits per heavy atom. The van der Waals surface area contributed by atoms with E-state index in [0.29, 0.717) is 29.9 Å². The molecule has 2 rings (SSSR count). The quantitative estimate of drug-likeness (QED) is 0.709. The molecule has 2 aromatic rings. The lowest BCUT2D eigenvalue weighted by molar-refractivity contribution is -0.121. The number of hydrogen-bond donors (Lipinski definition) is 3. The van der Waals surface area contributed by atoms with Crippen LogP contribution in [0.3, 0.4) is 0 Å². The molecule has 24 heavy (non-hydrogen) atoms. The summed E-state index contributed by atoms with van der Waals surface area (Å²) in [5, 5.41) is 9.64. The maximum Gasteiger partial charge on any atom is 0.269 e. The Morgan fingerprint density at radius 1 is 1.04 bits per heavy atom. The summed E-state index contributed by atoms with van der Waals surface area (Å²) in [6.07, 6.45) is 0.540. The van der Waals surface area contributed by atoms with Crippen molar-refractivity contribution in [1.82, 2.24) is 10.9 Å². The summed E-state index contributed by atoms with van der Waals surface area (Å²) >= 11 is 0. The van der Waals surface area contributed by atoms with E-state index in [1.807, 2.05) is 6.92 Å². The van der Waals surface area contributed by atoms with Crippen LogP contribution >= 0.6 is 0 Å². The molecule has 0 saturated heterocycles. The molecular formula is C18H20N2O4. The van der Waals surface area contributed by atoms with Crippen LogP contribution in [0.1, 0.15) is 29.3 Å². The van der Waals surface area contributed by atoms with Gasteiger partial charge in [-0.15, -0.1) is 0 Å². The van der Waals surface area contributed by atoms with Gasteiger partial charge in [-0.05, 0) is 49.2 Å². The SMILES string of the molecule is CCOc1ccc(C(=O)NNC(=O)CCc2ccccc2O)cc1. The van der Waals surface area contributed by atoms with Crippen LogP contribution in [0.2, 0.25) is 0 Å². The van der Waals surface area contributed by atoms with E-state index in [4.69, 9.17) is 4.74 Å². The number of carbonyl (C=O) groups is 2. The number of benzene rings is 2. The average molecular weight is 328 g/mol. The fraction of sp³-hybridized carbons (Fsp3) is 0.222. The smallest absolute Gasteiger partial charge is 0.269 e. The van der Waals surface area contributed by atoms with Crippen LogP contribution in [0.4, 0.5) is 0 Å². The van der Waals surface area contributed by atoms with Crippen molar-refractivity contribution in [2.45, 2.75) is 19.8 Å². The minimum Gasteiger partial charge on any atom is -0.508 e. The lowest BCUT2D eigenvalue weighted by atomic mass is 10.1. The predicted octanol–water partition coefficient (Wildman–Crippen LogP) is 2.18. The van der Waals surface area contributed by atoms with Gasteiger partial charge in [-0.1, -0.05) is 18.2 Å². The zero-order valence-corrected chi connectivity index (χ0v) is 13.4. The van der Waals surface area contributed by atoms with Crippen LogP contribution in [0, 0.1) is 0 Å². The molecule has 0 atom stereocenters. The number of aromatic hydroxyl groups is 1. The highest BCUT2D eigenvalue weighted by atomic mass is 16.5. The highest BCUT2D eigenvalue weighted by Crippen LogP contribution is 2.17. The first-order valence-electron chi connectivity index (χ1n) is 7.69. The largest absolute Gasteiger partial charge is 0.508 e. The number of hydrazine groups is 1. The van der Waals surface area contributed by atoms with Crippen LogP contribution in [0.5, 0.6) is 11.5 Å².